The van der Waals surface area contributed by atoms with Gasteiger partial charge in [-0.15, -0.1) is 0 Å². The van der Waals surface area contributed by atoms with Crippen molar-refractivity contribution < 1.29 is 4.79 Å². The number of piperidine rings is 1. The Balaban J connectivity index is 1.88. The van der Waals surface area contributed by atoms with Crippen LogP contribution in [0.4, 0.5) is 0 Å². The molecular weight excluding hydrogens is 344 g/mol. The molecule has 0 atom stereocenters. The lowest BCUT2D eigenvalue weighted by molar-refractivity contribution is 0.0722. The first-order valence-corrected chi connectivity index (χ1v) is 8.59. The number of halogens is 1. The number of nitrogens with zero attached hydrogens (tertiary/aromatic N) is 2. The van der Waals surface area contributed by atoms with E-state index in [4.69, 9.17) is 0 Å². The largest absolute Gasteiger partial charge is 0.346 e. The number of pyridine rings is 1. The minimum absolute atomic E-state index is 0.108. The van der Waals surface area contributed by atoms with E-state index in [0.717, 1.165) is 48.9 Å². The topological polar surface area (TPSA) is 42.3 Å². The Hall–Kier alpha value is -1.62. The smallest absolute Gasteiger partial charge is 0.259 e. The van der Waals surface area contributed by atoms with Crippen LogP contribution in [0.3, 0.4) is 0 Å². The molecule has 0 N–H and O–H groups in total. The lowest BCUT2D eigenvalue weighted by atomic mass is 10.1. The van der Waals surface area contributed by atoms with Crippen LogP contribution in [0, 0.1) is 0 Å². The molecule has 4 nitrogen and oxygen atoms in total. The van der Waals surface area contributed by atoms with Gasteiger partial charge in [0.05, 0.1) is 5.52 Å². The van der Waals surface area contributed by atoms with Crippen LogP contribution in [0.25, 0.3) is 10.9 Å². The maximum atomic E-state index is 12.8. The van der Waals surface area contributed by atoms with Gasteiger partial charge in [0, 0.05) is 35.7 Å². The molecule has 22 heavy (non-hydrogen) atoms. The summed E-state index contributed by atoms with van der Waals surface area (Å²) in [6, 6.07) is 3.91. The second kappa shape index (κ2) is 5.23. The second-order valence-electron chi connectivity index (χ2n) is 6.13. The van der Waals surface area contributed by atoms with E-state index in [9.17, 15) is 9.59 Å². The fourth-order valence-electron chi connectivity index (χ4n) is 3.62. The number of aryl methyl sites for hydroxylation is 2. The molecule has 2 aromatic rings. The molecule has 5 heteroatoms. The third-order valence-corrected chi connectivity index (χ3v) is 5.17. The van der Waals surface area contributed by atoms with E-state index in [1.165, 1.54) is 12.0 Å². The van der Waals surface area contributed by atoms with Gasteiger partial charge in [0.25, 0.3) is 5.91 Å². The highest BCUT2D eigenvalue weighted by molar-refractivity contribution is 9.10. The van der Waals surface area contributed by atoms with E-state index in [-0.39, 0.29) is 11.3 Å². The molecule has 1 aromatic carbocycles. The zero-order valence-electron chi connectivity index (χ0n) is 12.3. The SMILES string of the molecule is O=C(c1cn2c3c(cc(Br)cc3c1=O)CC2)N1CCCCC1. The maximum Gasteiger partial charge on any atom is 0.259 e. The number of benzene rings is 1. The molecule has 1 fully saturated rings. The number of carbonyl (C=O) groups excluding carboxylic acids is 1. The molecule has 0 unspecified atom stereocenters. The van der Waals surface area contributed by atoms with Gasteiger partial charge >= 0.3 is 0 Å². The van der Waals surface area contributed by atoms with Crippen molar-refractivity contribution in [3.63, 3.8) is 0 Å². The molecule has 114 valence electrons. The van der Waals surface area contributed by atoms with Crippen molar-refractivity contribution in [2.45, 2.75) is 32.2 Å². The Morgan fingerprint density at radius 2 is 1.86 bits per heavy atom. The van der Waals surface area contributed by atoms with E-state index in [1.54, 1.807) is 6.20 Å². The quantitative estimate of drug-likeness (QED) is 0.784. The van der Waals surface area contributed by atoms with E-state index >= 15 is 0 Å². The molecule has 1 amide bonds. The van der Waals surface area contributed by atoms with Crippen LogP contribution in [-0.4, -0.2) is 28.5 Å². The number of carbonyl (C=O) groups is 1. The second-order valence-corrected chi connectivity index (χ2v) is 7.04. The number of amides is 1. The summed E-state index contributed by atoms with van der Waals surface area (Å²) in [5.41, 5.74) is 2.36. The number of hydrogen-bond donors (Lipinski definition) is 0. The third-order valence-electron chi connectivity index (χ3n) is 4.71. The van der Waals surface area contributed by atoms with E-state index < -0.39 is 0 Å². The van der Waals surface area contributed by atoms with Crippen LogP contribution in [-0.2, 0) is 13.0 Å². The predicted molar refractivity (Wildman–Crippen MR) is 89.4 cm³/mol. The van der Waals surface area contributed by atoms with Crippen LogP contribution >= 0.6 is 15.9 Å². The first kappa shape index (κ1) is 14.0. The number of likely N-dealkylation sites (tertiary alicyclic amines) is 1. The van der Waals surface area contributed by atoms with Gasteiger partial charge in [-0.2, -0.15) is 0 Å². The third kappa shape index (κ3) is 2.10. The highest BCUT2D eigenvalue weighted by Gasteiger charge is 2.25. The summed E-state index contributed by atoms with van der Waals surface area (Å²) in [5, 5.41) is 0.657. The van der Waals surface area contributed by atoms with Gasteiger partial charge in [-0.1, -0.05) is 15.9 Å². The fraction of sp³-hybridized carbons (Fsp3) is 0.412. The van der Waals surface area contributed by atoms with E-state index in [0.29, 0.717) is 10.9 Å². The lowest BCUT2D eigenvalue weighted by Gasteiger charge is -2.26. The van der Waals surface area contributed by atoms with Crippen LogP contribution in [0.15, 0.2) is 27.6 Å². The molecule has 2 aliphatic heterocycles. The summed E-state index contributed by atoms with van der Waals surface area (Å²) in [4.78, 5) is 27.4. The van der Waals surface area contributed by atoms with Crippen molar-refractivity contribution in [3.8, 4) is 0 Å². The predicted octanol–water partition coefficient (Wildman–Crippen LogP) is 2.95. The summed E-state index contributed by atoms with van der Waals surface area (Å²) in [6.45, 7) is 2.36. The number of hydrogen-bond acceptors (Lipinski definition) is 2. The van der Waals surface area contributed by atoms with E-state index in [1.807, 2.05) is 11.0 Å². The first-order valence-electron chi connectivity index (χ1n) is 7.80. The van der Waals surface area contributed by atoms with Crippen LogP contribution in [0.5, 0.6) is 0 Å². The van der Waals surface area contributed by atoms with Gasteiger partial charge in [-0.05, 0) is 43.4 Å². The minimum Gasteiger partial charge on any atom is -0.346 e. The van der Waals surface area contributed by atoms with Gasteiger partial charge in [-0.3, -0.25) is 9.59 Å². The average Bonchev–Trinajstić information content (AvgIpc) is 2.94. The molecule has 1 aromatic heterocycles. The van der Waals surface area contributed by atoms with Gasteiger partial charge in [0.15, 0.2) is 0 Å². The highest BCUT2D eigenvalue weighted by atomic mass is 79.9. The molecule has 1 saturated heterocycles. The zero-order valence-corrected chi connectivity index (χ0v) is 13.9. The Morgan fingerprint density at radius 1 is 1.09 bits per heavy atom. The minimum atomic E-state index is -0.133. The molecule has 0 radical (unpaired) electrons. The molecular formula is C17H17BrN2O2. The number of aromatic nitrogens is 1. The highest BCUT2D eigenvalue weighted by Crippen LogP contribution is 2.28. The monoisotopic (exact) mass is 360 g/mol. The maximum absolute atomic E-state index is 12.8. The van der Waals surface area contributed by atoms with Crippen LogP contribution < -0.4 is 5.43 Å². The zero-order chi connectivity index (χ0) is 15.3. The van der Waals surface area contributed by atoms with Gasteiger partial charge in [-0.25, -0.2) is 0 Å². The standard InChI is InChI=1S/C17H17BrN2O2/c18-12-8-11-4-7-20-10-14(16(21)13(9-12)15(11)20)17(22)19-5-2-1-3-6-19/h8-10H,1-7H2. The van der Waals surface area contributed by atoms with Crippen molar-refractivity contribution in [1.82, 2.24) is 9.47 Å². The summed E-state index contributed by atoms with van der Waals surface area (Å²) in [6.07, 6.45) is 5.91. The normalized spacial score (nSPS) is 17.2. The van der Waals surface area contributed by atoms with Gasteiger partial charge < -0.3 is 9.47 Å². The number of rotatable bonds is 1. The van der Waals surface area contributed by atoms with Crippen molar-refractivity contribution in [1.29, 1.82) is 0 Å². The Morgan fingerprint density at radius 3 is 2.64 bits per heavy atom. The Labute approximate surface area is 136 Å². The van der Waals surface area contributed by atoms with Crippen molar-refractivity contribution in [2.75, 3.05) is 13.1 Å². The summed E-state index contributed by atoms with van der Waals surface area (Å²) >= 11 is 3.48. The van der Waals surface area contributed by atoms with Crippen molar-refractivity contribution in [2.24, 2.45) is 0 Å². The molecule has 3 heterocycles. The molecule has 2 aliphatic rings. The molecule has 0 aliphatic carbocycles. The van der Waals surface area contributed by atoms with Crippen molar-refractivity contribution >= 4 is 32.7 Å². The summed E-state index contributed by atoms with van der Waals surface area (Å²) in [7, 11) is 0. The molecule has 0 bridgehead atoms. The van der Waals surface area contributed by atoms with Crippen LogP contribution in [0.1, 0.15) is 35.2 Å². The Bertz CT molecular complexity index is 835. The van der Waals surface area contributed by atoms with Gasteiger partial charge in [0.2, 0.25) is 5.43 Å². The van der Waals surface area contributed by atoms with Crippen LogP contribution in [0.2, 0.25) is 0 Å². The van der Waals surface area contributed by atoms with Gasteiger partial charge in [0.1, 0.15) is 5.56 Å². The summed E-state index contributed by atoms with van der Waals surface area (Å²) in [5.74, 6) is -0.108. The van der Waals surface area contributed by atoms with Crippen molar-refractivity contribution in [3.05, 3.63) is 44.2 Å². The Kier molecular flexibility index (Phi) is 3.33. The van der Waals surface area contributed by atoms with E-state index in [2.05, 4.69) is 26.6 Å². The first-order chi connectivity index (χ1) is 10.6. The average molecular weight is 361 g/mol. The molecule has 0 spiro atoms. The molecule has 4 rings (SSSR count). The lowest BCUT2D eigenvalue weighted by Crippen LogP contribution is -2.38. The fourth-order valence-corrected chi connectivity index (χ4v) is 4.12. The molecule has 0 saturated carbocycles. The summed E-state index contributed by atoms with van der Waals surface area (Å²) < 4.78 is 2.97.